The number of nitrogens with zero attached hydrogens (tertiary/aromatic N) is 2. The number of hydrogen-bond acceptors (Lipinski definition) is 4. The van der Waals surface area contributed by atoms with Gasteiger partial charge in [-0.25, -0.2) is 9.48 Å². The molecular formula is C19H14ClF3N2O3. The van der Waals surface area contributed by atoms with E-state index >= 15 is 0 Å². The summed E-state index contributed by atoms with van der Waals surface area (Å²) in [6, 6.07) is 10.6. The SMILES string of the molecule is CCOC(=O)c1nn(-c2ccccc2Cl)c(-c2ccc(C(F)(F)F)cc2)c1O. The maximum absolute atomic E-state index is 12.8. The largest absolute Gasteiger partial charge is 0.504 e. The van der Waals surface area contributed by atoms with Gasteiger partial charge in [0.1, 0.15) is 5.69 Å². The molecule has 2 aromatic carbocycles. The Hall–Kier alpha value is -3.00. The molecular weight excluding hydrogens is 397 g/mol. The van der Waals surface area contributed by atoms with E-state index in [0.29, 0.717) is 5.69 Å². The molecule has 0 aliphatic rings. The number of ether oxygens (including phenoxy) is 1. The molecule has 0 amide bonds. The molecule has 1 N–H and O–H groups in total. The average Bonchev–Trinajstić information content (AvgIpc) is 2.99. The summed E-state index contributed by atoms with van der Waals surface area (Å²) in [5.74, 6) is -1.38. The summed E-state index contributed by atoms with van der Waals surface area (Å²) in [4.78, 5) is 12.1. The molecule has 146 valence electrons. The van der Waals surface area contributed by atoms with Crippen molar-refractivity contribution in [2.45, 2.75) is 13.1 Å². The molecule has 5 nitrogen and oxygen atoms in total. The van der Waals surface area contributed by atoms with Crippen LogP contribution in [0, 0.1) is 0 Å². The molecule has 28 heavy (non-hydrogen) atoms. The number of hydrogen-bond donors (Lipinski definition) is 1. The Balaban J connectivity index is 2.21. The normalized spacial score (nSPS) is 11.5. The number of carbonyl (C=O) groups is 1. The third kappa shape index (κ3) is 3.68. The molecule has 0 aliphatic carbocycles. The molecule has 0 saturated carbocycles. The zero-order chi connectivity index (χ0) is 20.5. The third-order valence-electron chi connectivity index (χ3n) is 3.90. The number of rotatable bonds is 4. The summed E-state index contributed by atoms with van der Waals surface area (Å²) in [5, 5.41) is 15.0. The standard InChI is InChI=1S/C19H14ClF3N2O3/c1-2-28-18(27)15-17(26)16(11-7-9-12(10-8-11)19(21,22)23)25(24-15)14-6-4-3-5-13(14)20/h3-10,26H,2H2,1H3. The van der Waals surface area contributed by atoms with Crippen molar-refractivity contribution in [3.05, 3.63) is 64.8 Å². The van der Waals surface area contributed by atoms with E-state index in [2.05, 4.69) is 5.10 Å². The van der Waals surface area contributed by atoms with Crippen LogP contribution in [0.15, 0.2) is 48.5 Å². The van der Waals surface area contributed by atoms with Crippen molar-refractivity contribution in [1.82, 2.24) is 9.78 Å². The number of aromatic hydroxyl groups is 1. The van der Waals surface area contributed by atoms with Crippen LogP contribution in [-0.2, 0) is 10.9 Å². The van der Waals surface area contributed by atoms with E-state index in [1.54, 1.807) is 31.2 Å². The lowest BCUT2D eigenvalue weighted by atomic mass is 10.1. The van der Waals surface area contributed by atoms with E-state index in [1.165, 1.54) is 16.8 Å². The van der Waals surface area contributed by atoms with E-state index in [-0.39, 0.29) is 28.6 Å². The number of alkyl halides is 3. The highest BCUT2D eigenvalue weighted by Crippen LogP contribution is 2.38. The number of carbonyl (C=O) groups excluding carboxylic acids is 1. The van der Waals surface area contributed by atoms with Gasteiger partial charge in [0, 0.05) is 5.56 Å². The van der Waals surface area contributed by atoms with Crippen molar-refractivity contribution >= 4 is 17.6 Å². The van der Waals surface area contributed by atoms with Crippen LogP contribution in [0.2, 0.25) is 5.02 Å². The number of para-hydroxylation sites is 1. The summed E-state index contributed by atoms with van der Waals surface area (Å²) in [6.07, 6.45) is -4.50. The monoisotopic (exact) mass is 410 g/mol. The summed E-state index contributed by atoms with van der Waals surface area (Å²) in [7, 11) is 0. The second kappa shape index (κ2) is 7.55. The second-order valence-electron chi connectivity index (χ2n) is 5.70. The number of esters is 1. The molecule has 0 spiro atoms. The van der Waals surface area contributed by atoms with Gasteiger partial charge in [0.05, 0.1) is 22.9 Å². The lowest BCUT2D eigenvalue weighted by Gasteiger charge is -2.11. The van der Waals surface area contributed by atoms with Crippen LogP contribution in [-0.4, -0.2) is 27.5 Å². The minimum Gasteiger partial charge on any atom is -0.504 e. The first-order valence-electron chi connectivity index (χ1n) is 8.15. The van der Waals surface area contributed by atoms with Gasteiger partial charge in [0.15, 0.2) is 5.75 Å². The minimum atomic E-state index is -4.50. The number of benzene rings is 2. The fourth-order valence-electron chi connectivity index (χ4n) is 2.62. The van der Waals surface area contributed by atoms with Crippen LogP contribution >= 0.6 is 11.6 Å². The zero-order valence-corrected chi connectivity index (χ0v) is 15.3. The van der Waals surface area contributed by atoms with Gasteiger partial charge in [0.25, 0.3) is 0 Å². The smallest absolute Gasteiger partial charge is 0.416 e. The molecule has 0 fully saturated rings. The third-order valence-corrected chi connectivity index (χ3v) is 4.22. The zero-order valence-electron chi connectivity index (χ0n) is 14.5. The van der Waals surface area contributed by atoms with Crippen molar-refractivity contribution in [3.8, 4) is 22.7 Å². The van der Waals surface area contributed by atoms with E-state index in [0.717, 1.165) is 12.1 Å². The minimum absolute atomic E-state index is 0.0184. The Kier molecular flexibility index (Phi) is 5.33. The first-order valence-corrected chi connectivity index (χ1v) is 8.53. The van der Waals surface area contributed by atoms with Crippen molar-refractivity contribution in [1.29, 1.82) is 0 Å². The van der Waals surface area contributed by atoms with Crippen LogP contribution in [0.4, 0.5) is 13.2 Å². The Labute approximate surface area is 162 Å². The van der Waals surface area contributed by atoms with Gasteiger partial charge >= 0.3 is 12.1 Å². The highest BCUT2D eigenvalue weighted by molar-refractivity contribution is 6.32. The fraction of sp³-hybridized carbons (Fsp3) is 0.158. The van der Waals surface area contributed by atoms with E-state index in [4.69, 9.17) is 16.3 Å². The van der Waals surface area contributed by atoms with Gasteiger partial charge in [0.2, 0.25) is 5.69 Å². The Bertz CT molecular complexity index is 1010. The van der Waals surface area contributed by atoms with E-state index in [9.17, 15) is 23.1 Å². The van der Waals surface area contributed by atoms with Gasteiger partial charge < -0.3 is 9.84 Å². The van der Waals surface area contributed by atoms with Crippen LogP contribution in [0.3, 0.4) is 0 Å². The van der Waals surface area contributed by atoms with Gasteiger partial charge in [-0.05, 0) is 31.2 Å². The molecule has 1 heterocycles. The van der Waals surface area contributed by atoms with Crippen LogP contribution in [0.1, 0.15) is 23.0 Å². The molecule has 3 aromatic rings. The van der Waals surface area contributed by atoms with E-state index < -0.39 is 23.5 Å². The van der Waals surface area contributed by atoms with Gasteiger partial charge in [-0.1, -0.05) is 35.9 Å². The van der Waals surface area contributed by atoms with Gasteiger partial charge in [-0.3, -0.25) is 0 Å². The topological polar surface area (TPSA) is 64.3 Å². The molecule has 0 bridgehead atoms. The Morgan fingerprint density at radius 3 is 2.39 bits per heavy atom. The molecule has 3 rings (SSSR count). The summed E-state index contributed by atoms with van der Waals surface area (Å²) in [6.45, 7) is 1.66. The molecule has 9 heteroatoms. The summed E-state index contributed by atoms with van der Waals surface area (Å²) < 4.78 is 44.6. The van der Waals surface area contributed by atoms with Crippen molar-refractivity contribution in [2.75, 3.05) is 6.61 Å². The fourth-order valence-corrected chi connectivity index (χ4v) is 2.84. The molecule has 0 unspecified atom stereocenters. The molecule has 0 aliphatic heterocycles. The second-order valence-corrected chi connectivity index (χ2v) is 6.11. The van der Waals surface area contributed by atoms with Crippen molar-refractivity contribution in [2.24, 2.45) is 0 Å². The van der Waals surface area contributed by atoms with Gasteiger partial charge in [-0.2, -0.15) is 18.3 Å². The van der Waals surface area contributed by atoms with Crippen molar-refractivity contribution < 1.29 is 27.8 Å². The van der Waals surface area contributed by atoms with Crippen LogP contribution in [0.25, 0.3) is 16.9 Å². The quantitative estimate of drug-likeness (QED) is 0.608. The first kappa shape index (κ1) is 19.8. The molecule has 1 aromatic heterocycles. The molecule has 0 atom stereocenters. The Morgan fingerprint density at radius 1 is 1.18 bits per heavy atom. The van der Waals surface area contributed by atoms with Gasteiger partial charge in [-0.15, -0.1) is 0 Å². The first-order chi connectivity index (χ1) is 13.2. The molecule has 0 radical (unpaired) electrons. The lowest BCUT2D eigenvalue weighted by Crippen LogP contribution is -2.07. The predicted molar refractivity (Wildman–Crippen MR) is 96.6 cm³/mol. The summed E-state index contributed by atoms with van der Waals surface area (Å²) >= 11 is 6.20. The molecule has 0 saturated heterocycles. The Morgan fingerprint density at radius 2 is 1.82 bits per heavy atom. The highest BCUT2D eigenvalue weighted by atomic mass is 35.5. The maximum Gasteiger partial charge on any atom is 0.416 e. The van der Waals surface area contributed by atoms with Crippen LogP contribution in [0.5, 0.6) is 5.75 Å². The number of halogens is 4. The number of aromatic nitrogens is 2. The van der Waals surface area contributed by atoms with Crippen LogP contribution < -0.4 is 0 Å². The highest BCUT2D eigenvalue weighted by Gasteiger charge is 2.31. The predicted octanol–water partition coefficient (Wildman–Crippen LogP) is 5.09. The van der Waals surface area contributed by atoms with E-state index in [1.807, 2.05) is 0 Å². The summed E-state index contributed by atoms with van der Waals surface area (Å²) in [5.41, 5.74) is -0.634. The lowest BCUT2D eigenvalue weighted by molar-refractivity contribution is -0.137. The maximum atomic E-state index is 12.8. The average molecular weight is 411 g/mol. The van der Waals surface area contributed by atoms with Crippen molar-refractivity contribution in [3.63, 3.8) is 0 Å².